The minimum absolute atomic E-state index is 0.707. The van der Waals surface area contributed by atoms with E-state index in [1.807, 2.05) is 0 Å². The fraction of sp³-hybridized carbons (Fsp3) is 1.00. The van der Waals surface area contributed by atoms with Crippen LogP contribution >= 0.6 is 0 Å². The van der Waals surface area contributed by atoms with Crippen LogP contribution in [-0.2, 0) is 0 Å². The minimum atomic E-state index is 0.707. The van der Waals surface area contributed by atoms with Gasteiger partial charge in [0.2, 0.25) is 0 Å². The second kappa shape index (κ2) is 5.10. The van der Waals surface area contributed by atoms with E-state index in [1.165, 1.54) is 57.8 Å². The molecule has 3 rings (SSSR count). The van der Waals surface area contributed by atoms with Crippen molar-refractivity contribution < 1.29 is 0 Å². The highest BCUT2D eigenvalue weighted by atomic mass is 14.4. The van der Waals surface area contributed by atoms with Gasteiger partial charge < -0.3 is 0 Å². The SMILES string of the molecule is CC1CCC(C)CC2CCC(C)(CC1)CC2. The first-order chi connectivity index (χ1) is 7.57. The van der Waals surface area contributed by atoms with Crippen molar-refractivity contribution in [3.05, 3.63) is 0 Å². The van der Waals surface area contributed by atoms with Crippen LogP contribution in [0.1, 0.15) is 78.6 Å². The minimum Gasteiger partial charge on any atom is -0.0625 e. The van der Waals surface area contributed by atoms with Gasteiger partial charge in [0.1, 0.15) is 0 Å². The zero-order valence-corrected chi connectivity index (χ0v) is 11.6. The van der Waals surface area contributed by atoms with Crippen LogP contribution in [0, 0.1) is 23.2 Å². The molecular weight excluding hydrogens is 192 g/mol. The molecule has 2 atom stereocenters. The number of rotatable bonds is 0. The summed E-state index contributed by atoms with van der Waals surface area (Å²) in [6.07, 6.45) is 13.5. The lowest BCUT2D eigenvalue weighted by Gasteiger charge is -2.38. The molecule has 0 amide bonds. The summed E-state index contributed by atoms with van der Waals surface area (Å²) in [4.78, 5) is 0. The first-order valence-corrected chi connectivity index (χ1v) is 7.57. The monoisotopic (exact) mass is 222 g/mol. The van der Waals surface area contributed by atoms with Crippen LogP contribution in [0.4, 0.5) is 0 Å². The van der Waals surface area contributed by atoms with Gasteiger partial charge in [-0.05, 0) is 61.7 Å². The van der Waals surface area contributed by atoms with Crippen LogP contribution in [0.3, 0.4) is 0 Å². The van der Waals surface area contributed by atoms with E-state index in [2.05, 4.69) is 20.8 Å². The lowest BCUT2D eigenvalue weighted by molar-refractivity contribution is 0.141. The molecule has 0 aromatic rings. The van der Waals surface area contributed by atoms with Gasteiger partial charge in [0, 0.05) is 0 Å². The standard InChI is InChI=1S/C16H30/c1-13-4-5-14(2)12-15-7-10-16(3,9-6-13)11-8-15/h13-15H,4-12H2,1-3H3. The van der Waals surface area contributed by atoms with E-state index >= 15 is 0 Å². The van der Waals surface area contributed by atoms with Gasteiger partial charge in [0.25, 0.3) is 0 Å². The smallest absolute Gasteiger partial charge is 0.0326 e. The van der Waals surface area contributed by atoms with Gasteiger partial charge in [-0.15, -0.1) is 0 Å². The second-order valence-electron chi connectivity index (χ2n) is 7.32. The molecule has 2 bridgehead atoms. The molecule has 16 heavy (non-hydrogen) atoms. The van der Waals surface area contributed by atoms with E-state index in [0.29, 0.717) is 5.41 Å². The summed E-state index contributed by atoms with van der Waals surface area (Å²) in [5, 5.41) is 0. The third kappa shape index (κ3) is 3.25. The highest BCUT2D eigenvalue weighted by Gasteiger charge is 2.32. The highest BCUT2D eigenvalue weighted by Crippen LogP contribution is 2.45. The molecule has 0 aromatic carbocycles. The number of hydrogen-bond donors (Lipinski definition) is 0. The number of hydrogen-bond acceptors (Lipinski definition) is 0. The fourth-order valence-corrected chi connectivity index (χ4v) is 3.86. The molecule has 0 aromatic heterocycles. The normalized spacial score (nSPS) is 46.3. The van der Waals surface area contributed by atoms with Crippen molar-refractivity contribution in [2.45, 2.75) is 78.6 Å². The predicted octanol–water partition coefficient (Wildman–Crippen LogP) is 5.42. The molecule has 2 unspecified atom stereocenters. The predicted molar refractivity (Wildman–Crippen MR) is 71.5 cm³/mol. The molecular formula is C16H30. The van der Waals surface area contributed by atoms with Crippen LogP contribution in [-0.4, -0.2) is 0 Å². The Morgan fingerprint density at radius 2 is 1.31 bits per heavy atom. The Morgan fingerprint density at radius 3 is 2.00 bits per heavy atom. The molecule has 0 spiro atoms. The first-order valence-electron chi connectivity index (χ1n) is 7.57. The Hall–Kier alpha value is 0. The maximum atomic E-state index is 2.55. The lowest BCUT2D eigenvalue weighted by atomic mass is 9.68. The fourth-order valence-electron chi connectivity index (χ4n) is 3.86. The lowest BCUT2D eigenvalue weighted by Crippen LogP contribution is -2.25. The van der Waals surface area contributed by atoms with Crippen molar-refractivity contribution in [2.75, 3.05) is 0 Å². The maximum absolute atomic E-state index is 2.55. The van der Waals surface area contributed by atoms with Crippen LogP contribution < -0.4 is 0 Å². The molecule has 3 fully saturated rings. The summed E-state index contributed by atoms with van der Waals surface area (Å²) >= 11 is 0. The van der Waals surface area contributed by atoms with Crippen molar-refractivity contribution in [1.82, 2.24) is 0 Å². The summed E-state index contributed by atoms with van der Waals surface area (Å²) in [7, 11) is 0. The van der Waals surface area contributed by atoms with E-state index < -0.39 is 0 Å². The van der Waals surface area contributed by atoms with Crippen molar-refractivity contribution in [3.8, 4) is 0 Å². The summed E-state index contributed by atoms with van der Waals surface area (Å²) < 4.78 is 0. The van der Waals surface area contributed by atoms with Gasteiger partial charge in [-0.2, -0.15) is 0 Å². The third-order valence-corrected chi connectivity index (χ3v) is 5.44. The van der Waals surface area contributed by atoms with Crippen molar-refractivity contribution in [2.24, 2.45) is 23.2 Å². The van der Waals surface area contributed by atoms with E-state index in [-0.39, 0.29) is 0 Å². The average molecular weight is 222 g/mol. The summed E-state index contributed by atoms with van der Waals surface area (Å²) in [6, 6.07) is 0. The van der Waals surface area contributed by atoms with Crippen molar-refractivity contribution >= 4 is 0 Å². The largest absolute Gasteiger partial charge is 0.0625 e. The average Bonchev–Trinajstić information content (AvgIpc) is 2.30. The van der Waals surface area contributed by atoms with Gasteiger partial charge in [-0.1, -0.05) is 40.0 Å². The highest BCUT2D eigenvalue weighted by molar-refractivity contribution is 4.84. The van der Waals surface area contributed by atoms with Gasteiger partial charge in [0.15, 0.2) is 0 Å². The first kappa shape index (κ1) is 12.5. The van der Waals surface area contributed by atoms with Crippen molar-refractivity contribution in [3.63, 3.8) is 0 Å². The Bertz CT molecular complexity index is 210. The molecule has 0 heterocycles. The quantitative estimate of drug-likeness (QED) is 0.513. The molecule has 3 aliphatic rings. The molecule has 0 saturated heterocycles. The second-order valence-corrected chi connectivity index (χ2v) is 7.32. The molecule has 0 radical (unpaired) electrons. The Labute approximate surface area is 102 Å². The Morgan fingerprint density at radius 1 is 0.750 bits per heavy atom. The zero-order valence-electron chi connectivity index (χ0n) is 11.6. The van der Waals surface area contributed by atoms with E-state index in [4.69, 9.17) is 0 Å². The summed E-state index contributed by atoms with van der Waals surface area (Å²) in [5.74, 6) is 3.02. The molecule has 94 valence electrons. The zero-order chi connectivity index (χ0) is 11.6. The van der Waals surface area contributed by atoms with Crippen LogP contribution in [0.25, 0.3) is 0 Å². The molecule has 3 saturated carbocycles. The Kier molecular flexibility index (Phi) is 3.97. The third-order valence-electron chi connectivity index (χ3n) is 5.44. The maximum Gasteiger partial charge on any atom is -0.0326 e. The molecule has 0 N–H and O–H groups in total. The Balaban J connectivity index is 2.00. The summed E-state index contributed by atoms with van der Waals surface area (Å²) in [6.45, 7) is 7.51. The van der Waals surface area contributed by atoms with Crippen LogP contribution in [0.15, 0.2) is 0 Å². The molecule has 0 aliphatic heterocycles. The topological polar surface area (TPSA) is 0 Å². The van der Waals surface area contributed by atoms with E-state index in [0.717, 1.165) is 17.8 Å². The van der Waals surface area contributed by atoms with Crippen LogP contribution in [0.2, 0.25) is 0 Å². The van der Waals surface area contributed by atoms with E-state index in [9.17, 15) is 0 Å². The van der Waals surface area contributed by atoms with Crippen molar-refractivity contribution in [1.29, 1.82) is 0 Å². The van der Waals surface area contributed by atoms with Gasteiger partial charge in [0.05, 0.1) is 0 Å². The summed E-state index contributed by atoms with van der Waals surface area (Å²) in [5.41, 5.74) is 0.707. The van der Waals surface area contributed by atoms with E-state index in [1.54, 1.807) is 0 Å². The number of fused-ring (bicyclic) bond motifs is 8. The van der Waals surface area contributed by atoms with Gasteiger partial charge in [-0.3, -0.25) is 0 Å². The van der Waals surface area contributed by atoms with Gasteiger partial charge >= 0.3 is 0 Å². The molecule has 0 heteroatoms. The molecule has 3 aliphatic carbocycles. The molecule has 0 nitrogen and oxygen atoms in total. The van der Waals surface area contributed by atoms with Crippen LogP contribution in [0.5, 0.6) is 0 Å². The van der Waals surface area contributed by atoms with Gasteiger partial charge in [-0.25, -0.2) is 0 Å².